The van der Waals surface area contributed by atoms with Crippen LogP contribution in [0.1, 0.15) is 29.6 Å². The van der Waals surface area contributed by atoms with Crippen LogP contribution in [0.2, 0.25) is 10.0 Å². The molecule has 0 bridgehead atoms. The Kier molecular flexibility index (Phi) is 11.1. The maximum Gasteiger partial charge on any atom is 0.262 e. The van der Waals surface area contributed by atoms with Crippen LogP contribution in [0, 0.1) is 0 Å². The summed E-state index contributed by atoms with van der Waals surface area (Å²) in [6.45, 7) is 3.94. The number of nitrogens with one attached hydrogen (secondary N) is 2. The van der Waals surface area contributed by atoms with E-state index < -0.39 is 15.9 Å². The van der Waals surface area contributed by atoms with Crippen molar-refractivity contribution in [3.63, 3.8) is 0 Å². The lowest BCUT2D eigenvalue weighted by atomic mass is 10.1. The van der Waals surface area contributed by atoms with Gasteiger partial charge in [-0.15, -0.1) is 0 Å². The Morgan fingerprint density at radius 3 is 2.13 bits per heavy atom. The van der Waals surface area contributed by atoms with Gasteiger partial charge in [-0.3, -0.25) is 24.0 Å². The topological polar surface area (TPSA) is 128 Å². The van der Waals surface area contributed by atoms with Crippen molar-refractivity contribution in [3.05, 3.63) is 82.3 Å². The number of rotatable bonds is 10. The van der Waals surface area contributed by atoms with Crippen LogP contribution in [0.3, 0.4) is 0 Å². The van der Waals surface area contributed by atoms with Crippen molar-refractivity contribution in [1.29, 1.82) is 0 Å². The summed E-state index contributed by atoms with van der Waals surface area (Å²) in [6, 6.07) is 16.5. The van der Waals surface area contributed by atoms with Gasteiger partial charge in [-0.25, -0.2) is 8.42 Å². The molecule has 2 aliphatic rings. The van der Waals surface area contributed by atoms with Gasteiger partial charge in [0.1, 0.15) is 5.75 Å². The van der Waals surface area contributed by atoms with E-state index in [1.54, 1.807) is 41.3 Å². The molecular formula is C32H35Cl2N5O6S. The molecule has 2 saturated heterocycles. The number of likely N-dealkylation sites (tertiary alicyclic amines) is 1. The first-order chi connectivity index (χ1) is 22.1. The largest absolute Gasteiger partial charge is 0.454 e. The zero-order valence-corrected chi connectivity index (χ0v) is 27.4. The molecule has 0 spiro atoms. The van der Waals surface area contributed by atoms with E-state index in [1.807, 2.05) is 4.90 Å². The van der Waals surface area contributed by atoms with Crippen LogP contribution in [-0.2, 0) is 19.6 Å². The summed E-state index contributed by atoms with van der Waals surface area (Å²) in [5.41, 5.74) is 0.386. The van der Waals surface area contributed by atoms with Crippen LogP contribution < -0.4 is 14.8 Å². The summed E-state index contributed by atoms with van der Waals surface area (Å²) < 4.78 is 34.7. The van der Waals surface area contributed by atoms with Crippen molar-refractivity contribution in [3.8, 4) is 11.5 Å². The third-order valence-corrected chi connectivity index (χ3v) is 9.78. The average Bonchev–Trinajstić information content (AvgIpc) is 3.06. The molecule has 0 aromatic heterocycles. The minimum absolute atomic E-state index is 0.0731. The van der Waals surface area contributed by atoms with E-state index in [1.165, 1.54) is 36.8 Å². The van der Waals surface area contributed by atoms with Gasteiger partial charge in [0.05, 0.1) is 28.7 Å². The molecule has 2 fully saturated rings. The number of hydrogen-bond donors (Lipinski definition) is 2. The van der Waals surface area contributed by atoms with Crippen molar-refractivity contribution in [2.45, 2.75) is 24.2 Å². The van der Waals surface area contributed by atoms with Gasteiger partial charge < -0.3 is 19.9 Å². The highest BCUT2D eigenvalue weighted by Gasteiger charge is 2.25. The smallest absolute Gasteiger partial charge is 0.262 e. The zero-order chi connectivity index (χ0) is 32.7. The van der Waals surface area contributed by atoms with Gasteiger partial charge in [0.15, 0.2) is 5.75 Å². The lowest BCUT2D eigenvalue weighted by molar-refractivity contribution is -0.135. The molecule has 3 aromatic carbocycles. The van der Waals surface area contributed by atoms with Gasteiger partial charge in [0.25, 0.3) is 15.9 Å². The summed E-state index contributed by atoms with van der Waals surface area (Å²) in [5.74, 6) is -0.0642. The minimum Gasteiger partial charge on any atom is -0.454 e. The van der Waals surface area contributed by atoms with E-state index in [-0.39, 0.29) is 45.3 Å². The number of sulfonamides is 1. The zero-order valence-electron chi connectivity index (χ0n) is 25.1. The summed E-state index contributed by atoms with van der Waals surface area (Å²) in [4.78, 5) is 43.6. The van der Waals surface area contributed by atoms with Gasteiger partial charge in [0, 0.05) is 49.9 Å². The number of nitrogens with zero attached hydrogens (tertiary/aromatic N) is 3. The van der Waals surface area contributed by atoms with Gasteiger partial charge in [0.2, 0.25) is 11.8 Å². The highest BCUT2D eigenvalue weighted by Crippen LogP contribution is 2.35. The van der Waals surface area contributed by atoms with Crippen LogP contribution >= 0.6 is 23.2 Å². The molecule has 3 amide bonds. The molecule has 14 heteroatoms. The van der Waals surface area contributed by atoms with Crippen molar-refractivity contribution in [1.82, 2.24) is 20.0 Å². The number of piperazine rings is 1. The molecular weight excluding hydrogens is 653 g/mol. The number of para-hydroxylation sites is 2. The molecule has 3 aromatic rings. The molecule has 2 heterocycles. The fourth-order valence-electron chi connectivity index (χ4n) is 5.27. The molecule has 46 heavy (non-hydrogen) atoms. The van der Waals surface area contributed by atoms with Crippen LogP contribution in [0.15, 0.2) is 71.6 Å². The van der Waals surface area contributed by atoms with E-state index in [9.17, 15) is 22.8 Å². The Hall–Kier alpha value is -3.84. The Bertz CT molecular complexity index is 1670. The number of amides is 3. The first-order valence-electron chi connectivity index (χ1n) is 15.0. The average molecular weight is 689 g/mol. The summed E-state index contributed by atoms with van der Waals surface area (Å²) >= 11 is 12.2. The molecule has 244 valence electrons. The van der Waals surface area contributed by atoms with E-state index in [2.05, 4.69) is 14.9 Å². The SMILES string of the molecule is O=C(NCC(=O)N1CCN(CC(=O)N2CCCCC2)CC1)c1ccc(S(=O)(=O)Nc2ccccc2Oc2ccc(Cl)cc2Cl)cc1. The molecule has 0 aliphatic carbocycles. The molecule has 2 aliphatic heterocycles. The highest BCUT2D eigenvalue weighted by molar-refractivity contribution is 7.92. The molecule has 0 radical (unpaired) electrons. The van der Waals surface area contributed by atoms with E-state index in [0.29, 0.717) is 43.5 Å². The Balaban J connectivity index is 1.11. The number of carbonyl (C=O) groups excluding carboxylic acids is 3. The number of carbonyl (C=O) groups is 3. The number of ether oxygens (including phenoxy) is 1. The van der Waals surface area contributed by atoms with Gasteiger partial charge in [-0.05, 0) is 73.9 Å². The second-order valence-corrected chi connectivity index (χ2v) is 13.6. The van der Waals surface area contributed by atoms with Crippen molar-refractivity contribution < 1.29 is 27.5 Å². The number of anilines is 1. The second kappa shape index (κ2) is 15.2. The molecule has 0 unspecified atom stereocenters. The predicted molar refractivity (Wildman–Crippen MR) is 176 cm³/mol. The molecule has 0 atom stereocenters. The van der Waals surface area contributed by atoms with E-state index in [4.69, 9.17) is 27.9 Å². The lowest BCUT2D eigenvalue weighted by Crippen LogP contribution is -2.53. The molecule has 0 saturated carbocycles. The standard InChI is InChI=1S/C32H35Cl2N5O6S/c33-24-10-13-28(26(34)20-24)45-29-7-3-2-6-27(29)36-46(43,44)25-11-8-23(9-12-25)32(42)35-21-30(40)39-18-16-37(17-19-39)22-31(41)38-14-4-1-5-15-38/h2-3,6-13,20,36H,1,4-5,14-19,21-22H2,(H,35,42). The summed E-state index contributed by atoms with van der Waals surface area (Å²) in [5, 5.41) is 3.31. The van der Waals surface area contributed by atoms with Gasteiger partial charge >= 0.3 is 0 Å². The van der Waals surface area contributed by atoms with Crippen LogP contribution in [0.25, 0.3) is 0 Å². The molecule has 5 rings (SSSR count). The summed E-state index contributed by atoms with van der Waals surface area (Å²) in [7, 11) is -4.05. The minimum atomic E-state index is -4.05. The number of piperidine rings is 1. The second-order valence-electron chi connectivity index (χ2n) is 11.1. The van der Waals surface area contributed by atoms with Crippen molar-refractivity contribution in [2.24, 2.45) is 0 Å². The Morgan fingerprint density at radius 2 is 1.43 bits per heavy atom. The predicted octanol–water partition coefficient (Wildman–Crippen LogP) is 4.47. The molecule has 2 N–H and O–H groups in total. The fraction of sp³-hybridized carbons (Fsp3) is 0.344. The third kappa shape index (κ3) is 8.69. The van der Waals surface area contributed by atoms with Crippen LogP contribution in [-0.4, -0.2) is 93.2 Å². The highest BCUT2D eigenvalue weighted by atomic mass is 35.5. The first kappa shape index (κ1) is 33.5. The third-order valence-electron chi connectivity index (χ3n) is 7.86. The monoisotopic (exact) mass is 687 g/mol. The van der Waals surface area contributed by atoms with E-state index >= 15 is 0 Å². The maximum absolute atomic E-state index is 13.2. The Morgan fingerprint density at radius 1 is 0.761 bits per heavy atom. The fourth-order valence-corrected chi connectivity index (χ4v) is 6.78. The quantitative estimate of drug-likeness (QED) is 0.322. The van der Waals surface area contributed by atoms with Gasteiger partial charge in [-0.1, -0.05) is 35.3 Å². The number of hydrogen-bond acceptors (Lipinski definition) is 7. The first-order valence-corrected chi connectivity index (χ1v) is 17.2. The maximum atomic E-state index is 13.2. The lowest BCUT2D eigenvalue weighted by Gasteiger charge is -2.36. The van der Waals surface area contributed by atoms with Gasteiger partial charge in [-0.2, -0.15) is 0 Å². The van der Waals surface area contributed by atoms with Crippen LogP contribution in [0.4, 0.5) is 5.69 Å². The van der Waals surface area contributed by atoms with Crippen molar-refractivity contribution >= 4 is 56.6 Å². The van der Waals surface area contributed by atoms with Crippen molar-refractivity contribution in [2.75, 3.05) is 57.1 Å². The normalized spacial score (nSPS) is 15.7. The van der Waals surface area contributed by atoms with E-state index in [0.717, 1.165) is 25.9 Å². The molecule has 11 nitrogen and oxygen atoms in total. The number of benzene rings is 3. The Labute approximate surface area is 278 Å². The number of halogens is 2. The van der Waals surface area contributed by atoms with Crippen LogP contribution in [0.5, 0.6) is 11.5 Å². The summed E-state index contributed by atoms with van der Waals surface area (Å²) in [6.07, 6.45) is 3.27.